The predicted octanol–water partition coefficient (Wildman–Crippen LogP) is 5.18. The van der Waals surface area contributed by atoms with Gasteiger partial charge in [-0.15, -0.1) is 0 Å². The summed E-state index contributed by atoms with van der Waals surface area (Å²) in [6.07, 6.45) is 1.06. The van der Waals surface area contributed by atoms with Crippen LogP contribution in [0.2, 0.25) is 0 Å². The summed E-state index contributed by atoms with van der Waals surface area (Å²) in [5, 5.41) is 12.3. The van der Waals surface area contributed by atoms with Crippen LogP contribution in [0.1, 0.15) is 30.0 Å². The number of nitriles is 1. The lowest BCUT2D eigenvalue weighted by Gasteiger charge is -2.23. The highest BCUT2D eigenvalue weighted by atomic mass is 19.1. The summed E-state index contributed by atoms with van der Waals surface area (Å²) < 4.78 is 36.1. The van der Waals surface area contributed by atoms with E-state index in [1.54, 1.807) is 49.3 Å². The Kier molecular flexibility index (Phi) is 6.68. The third-order valence-electron chi connectivity index (χ3n) is 6.68. The number of hydrogen-bond donors (Lipinski definition) is 1. The Labute approximate surface area is 218 Å². The van der Waals surface area contributed by atoms with Gasteiger partial charge in [0.2, 0.25) is 5.91 Å². The molecule has 1 aliphatic rings. The number of aryl methyl sites for hydroxylation is 2. The number of halogens is 2. The molecule has 2 atom stereocenters. The zero-order chi connectivity index (χ0) is 27.0. The molecule has 0 saturated heterocycles. The fraction of sp³-hybridized carbons (Fsp3) is 0.286. The number of carbonyl (C=O) groups is 1. The Morgan fingerprint density at radius 3 is 2.66 bits per heavy atom. The molecule has 0 unspecified atom stereocenters. The molecule has 0 spiro atoms. The quantitative estimate of drug-likeness (QED) is 0.347. The SMILES string of the molecule is CCc1cc(C#N)cc(F)c1Nc1cc2c(ncn2C)c(N(Cc2ccc(OC)cc2)C(=O)[C@H]2C[C@H]2F)n1. The normalized spacial score (nSPS) is 16.2. The number of ether oxygens (including phenoxy) is 1. The number of nitrogens with zero attached hydrogens (tertiary/aromatic N) is 5. The lowest BCUT2D eigenvalue weighted by Crippen LogP contribution is -2.33. The van der Waals surface area contributed by atoms with Crippen LogP contribution < -0.4 is 15.0 Å². The van der Waals surface area contributed by atoms with Gasteiger partial charge in [0, 0.05) is 13.1 Å². The topological polar surface area (TPSA) is 96.1 Å². The van der Waals surface area contributed by atoms with E-state index in [1.165, 1.54) is 11.0 Å². The number of hydrogen-bond acceptors (Lipinski definition) is 6. The van der Waals surface area contributed by atoms with Crippen molar-refractivity contribution >= 4 is 34.3 Å². The molecule has 2 heterocycles. The minimum atomic E-state index is -1.19. The molecule has 2 aromatic carbocycles. The molecule has 1 amide bonds. The number of nitrogens with one attached hydrogen (secondary N) is 1. The Bertz CT molecular complexity index is 1560. The molecule has 5 rings (SSSR count). The molecule has 4 aromatic rings. The van der Waals surface area contributed by atoms with Crippen LogP contribution in [0.15, 0.2) is 48.8 Å². The lowest BCUT2D eigenvalue weighted by atomic mass is 10.1. The van der Waals surface area contributed by atoms with Crippen LogP contribution in [0.4, 0.5) is 26.1 Å². The molecule has 0 aliphatic heterocycles. The number of carbonyl (C=O) groups excluding carboxylic acids is 1. The van der Waals surface area contributed by atoms with E-state index in [1.807, 2.05) is 25.1 Å². The van der Waals surface area contributed by atoms with E-state index >= 15 is 4.39 Å². The first kappa shape index (κ1) is 25.1. The fourth-order valence-electron chi connectivity index (χ4n) is 4.43. The van der Waals surface area contributed by atoms with Crippen molar-refractivity contribution in [2.75, 3.05) is 17.3 Å². The fourth-order valence-corrected chi connectivity index (χ4v) is 4.43. The van der Waals surface area contributed by atoms with Crippen LogP contribution in [0.3, 0.4) is 0 Å². The van der Waals surface area contributed by atoms with Gasteiger partial charge in [0.15, 0.2) is 5.82 Å². The van der Waals surface area contributed by atoms with Crippen LogP contribution in [0, 0.1) is 23.1 Å². The van der Waals surface area contributed by atoms with Crippen molar-refractivity contribution in [3.63, 3.8) is 0 Å². The minimum absolute atomic E-state index is 0.139. The van der Waals surface area contributed by atoms with Gasteiger partial charge in [-0.3, -0.25) is 9.69 Å². The van der Waals surface area contributed by atoms with Gasteiger partial charge in [-0.2, -0.15) is 5.26 Å². The van der Waals surface area contributed by atoms with Gasteiger partial charge in [-0.05, 0) is 48.2 Å². The third-order valence-corrected chi connectivity index (χ3v) is 6.68. The standard InChI is InChI=1S/C28H26F2N6O2/c1-4-18-9-17(13-31)10-22(30)25(18)33-24-12-23-26(32-15-35(23)2)27(34-24)36(28(37)20-11-21(20)29)14-16-5-7-19(38-3)8-6-16/h5-10,12,15,20-21H,4,11,14H2,1-3H3,(H,33,34)/t20-,21+/m0/s1. The van der Waals surface area contributed by atoms with Crippen molar-refractivity contribution in [1.29, 1.82) is 5.26 Å². The van der Waals surface area contributed by atoms with E-state index < -0.39 is 17.9 Å². The molecule has 8 nitrogen and oxygen atoms in total. The van der Waals surface area contributed by atoms with Crippen molar-refractivity contribution in [1.82, 2.24) is 14.5 Å². The molecule has 0 radical (unpaired) electrons. The Morgan fingerprint density at radius 1 is 1.29 bits per heavy atom. The van der Waals surface area contributed by atoms with Gasteiger partial charge in [0.1, 0.15) is 29.1 Å². The second kappa shape index (κ2) is 10.1. The number of methoxy groups -OCH3 is 1. The molecule has 1 N–H and O–H groups in total. The summed E-state index contributed by atoms with van der Waals surface area (Å²) in [6, 6.07) is 13.7. The molecule has 1 aliphatic carbocycles. The number of benzene rings is 2. The molecular formula is C28H26F2N6O2. The monoisotopic (exact) mass is 516 g/mol. The van der Waals surface area contributed by atoms with Crippen molar-refractivity contribution in [2.24, 2.45) is 13.0 Å². The zero-order valence-electron chi connectivity index (χ0n) is 21.2. The minimum Gasteiger partial charge on any atom is -0.497 e. The van der Waals surface area contributed by atoms with Gasteiger partial charge in [0.25, 0.3) is 0 Å². The number of fused-ring (bicyclic) bond motifs is 1. The van der Waals surface area contributed by atoms with E-state index in [-0.39, 0.29) is 41.8 Å². The van der Waals surface area contributed by atoms with Gasteiger partial charge in [0.05, 0.1) is 48.7 Å². The van der Waals surface area contributed by atoms with Crippen LogP contribution in [0.25, 0.3) is 11.0 Å². The number of aromatic nitrogens is 3. The highest BCUT2D eigenvalue weighted by Crippen LogP contribution is 2.39. The Morgan fingerprint density at radius 2 is 2.03 bits per heavy atom. The third kappa shape index (κ3) is 4.75. The maximum Gasteiger partial charge on any atom is 0.234 e. The van der Waals surface area contributed by atoms with Crippen molar-refractivity contribution < 1.29 is 18.3 Å². The van der Waals surface area contributed by atoms with Crippen molar-refractivity contribution in [2.45, 2.75) is 32.5 Å². The van der Waals surface area contributed by atoms with Gasteiger partial charge in [-0.1, -0.05) is 19.1 Å². The molecule has 10 heteroatoms. The predicted molar refractivity (Wildman–Crippen MR) is 139 cm³/mol. The highest BCUT2D eigenvalue weighted by molar-refractivity contribution is 6.03. The largest absolute Gasteiger partial charge is 0.497 e. The number of anilines is 3. The first-order chi connectivity index (χ1) is 18.3. The molecular weight excluding hydrogens is 490 g/mol. The Hall–Kier alpha value is -4.52. The maximum atomic E-state index is 15.0. The van der Waals surface area contributed by atoms with Crippen LogP contribution in [0.5, 0.6) is 5.75 Å². The van der Waals surface area contributed by atoms with E-state index in [2.05, 4.69) is 10.3 Å². The summed E-state index contributed by atoms with van der Waals surface area (Å²) in [5.41, 5.74) is 2.95. The molecule has 38 heavy (non-hydrogen) atoms. The first-order valence-corrected chi connectivity index (χ1v) is 12.2. The first-order valence-electron chi connectivity index (χ1n) is 12.2. The summed E-state index contributed by atoms with van der Waals surface area (Å²) in [7, 11) is 3.37. The number of alkyl halides is 1. The molecule has 194 valence electrons. The van der Waals surface area contributed by atoms with E-state index in [9.17, 15) is 14.4 Å². The molecule has 1 saturated carbocycles. The van der Waals surface area contributed by atoms with Gasteiger partial charge >= 0.3 is 0 Å². The molecule has 2 aromatic heterocycles. The zero-order valence-corrected chi connectivity index (χ0v) is 21.2. The van der Waals surface area contributed by atoms with E-state index in [0.29, 0.717) is 28.8 Å². The summed E-state index contributed by atoms with van der Waals surface area (Å²) >= 11 is 0. The number of rotatable bonds is 8. The number of pyridine rings is 1. The number of amides is 1. The summed E-state index contributed by atoms with van der Waals surface area (Å²) in [4.78, 5) is 24.1. The highest BCUT2D eigenvalue weighted by Gasteiger charge is 2.46. The second-order valence-electron chi connectivity index (χ2n) is 9.27. The maximum absolute atomic E-state index is 15.0. The van der Waals surface area contributed by atoms with Crippen LogP contribution in [-0.2, 0) is 24.8 Å². The van der Waals surface area contributed by atoms with Gasteiger partial charge < -0.3 is 14.6 Å². The van der Waals surface area contributed by atoms with Gasteiger partial charge in [-0.25, -0.2) is 18.7 Å². The van der Waals surface area contributed by atoms with Crippen molar-refractivity contribution in [3.8, 4) is 11.8 Å². The lowest BCUT2D eigenvalue weighted by molar-refractivity contribution is -0.120. The Balaban J connectivity index is 1.61. The average molecular weight is 517 g/mol. The number of imidazole rings is 1. The van der Waals surface area contributed by atoms with E-state index in [0.717, 1.165) is 5.56 Å². The summed E-state index contributed by atoms with van der Waals surface area (Å²) in [5.74, 6) is -0.506. The van der Waals surface area contributed by atoms with Crippen LogP contribution in [-0.4, -0.2) is 33.7 Å². The smallest absolute Gasteiger partial charge is 0.234 e. The average Bonchev–Trinajstić information content (AvgIpc) is 3.55. The second-order valence-corrected chi connectivity index (χ2v) is 9.27. The molecule has 1 fully saturated rings. The van der Waals surface area contributed by atoms with Crippen molar-refractivity contribution in [3.05, 3.63) is 71.3 Å². The van der Waals surface area contributed by atoms with E-state index in [4.69, 9.17) is 9.72 Å². The van der Waals surface area contributed by atoms with Crippen LogP contribution >= 0.6 is 0 Å². The summed E-state index contributed by atoms with van der Waals surface area (Å²) in [6.45, 7) is 2.00. The molecule has 0 bridgehead atoms.